The minimum Gasteiger partial charge on any atom is -0.496 e. The van der Waals surface area contributed by atoms with Crippen LogP contribution >= 0.6 is 0 Å². The summed E-state index contributed by atoms with van der Waals surface area (Å²) in [6.45, 7) is 3.22. The topological polar surface area (TPSA) is 24.5 Å². The van der Waals surface area contributed by atoms with E-state index in [1.807, 2.05) is 6.07 Å². The van der Waals surface area contributed by atoms with Crippen molar-refractivity contribution in [3.05, 3.63) is 65.7 Å². The van der Waals surface area contributed by atoms with Crippen molar-refractivity contribution >= 4 is 0 Å². The molecule has 0 bridgehead atoms. The average molecular weight is 310 g/mol. The molecule has 1 aliphatic rings. The summed E-state index contributed by atoms with van der Waals surface area (Å²) in [5, 5.41) is 3.59. The molecule has 3 nitrogen and oxygen atoms in total. The normalized spacial score (nSPS) is 17.8. The second-order valence-corrected chi connectivity index (χ2v) is 6.29. The number of methoxy groups -OCH3 is 1. The van der Waals surface area contributed by atoms with E-state index < -0.39 is 0 Å². The molecule has 1 heterocycles. The van der Waals surface area contributed by atoms with Crippen LogP contribution in [0.2, 0.25) is 0 Å². The molecule has 0 spiro atoms. The Kier molecular flexibility index (Phi) is 4.99. The van der Waals surface area contributed by atoms with Gasteiger partial charge in [-0.1, -0.05) is 48.5 Å². The smallest absolute Gasteiger partial charge is 0.123 e. The molecule has 0 saturated carbocycles. The molecule has 0 aromatic heterocycles. The van der Waals surface area contributed by atoms with Gasteiger partial charge >= 0.3 is 0 Å². The van der Waals surface area contributed by atoms with Crippen LogP contribution in [0.15, 0.2) is 54.6 Å². The van der Waals surface area contributed by atoms with E-state index >= 15 is 0 Å². The Balaban J connectivity index is 1.72. The zero-order valence-corrected chi connectivity index (χ0v) is 14.1. The van der Waals surface area contributed by atoms with Crippen molar-refractivity contribution in [2.75, 3.05) is 27.2 Å². The fourth-order valence-corrected chi connectivity index (χ4v) is 3.63. The predicted molar refractivity (Wildman–Crippen MR) is 94.7 cm³/mol. The van der Waals surface area contributed by atoms with E-state index in [1.165, 1.54) is 11.1 Å². The number of benzene rings is 2. The Hall–Kier alpha value is -1.84. The van der Waals surface area contributed by atoms with Crippen LogP contribution in [0, 0.1) is 0 Å². The lowest BCUT2D eigenvalue weighted by molar-refractivity contribution is 0.132. The van der Waals surface area contributed by atoms with Crippen LogP contribution in [0.5, 0.6) is 5.75 Å². The highest BCUT2D eigenvalue weighted by atomic mass is 16.5. The van der Waals surface area contributed by atoms with Gasteiger partial charge in [0.05, 0.1) is 7.11 Å². The number of nitrogens with zero attached hydrogens (tertiary/aromatic N) is 1. The number of ether oxygens (including phenoxy) is 1. The van der Waals surface area contributed by atoms with E-state index in [2.05, 4.69) is 65.8 Å². The van der Waals surface area contributed by atoms with E-state index in [-0.39, 0.29) is 5.54 Å². The number of piperidine rings is 1. The molecule has 0 aliphatic carbocycles. The van der Waals surface area contributed by atoms with E-state index in [9.17, 15) is 0 Å². The quantitative estimate of drug-likeness (QED) is 0.916. The summed E-state index contributed by atoms with van der Waals surface area (Å²) >= 11 is 0. The Labute approximate surface area is 139 Å². The molecule has 1 saturated heterocycles. The summed E-state index contributed by atoms with van der Waals surface area (Å²) in [5.41, 5.74) is 2.69. The largest absolute Gasteiger partial charge is 0.496 e. The first-order valence-corrected chi connectivity index (χ1v) is 8.36. The van der Waals surface area contributed by atoms with Crippen LogP contribution in [0.1, 0.15) is 24.0 Å². The molecule has 3 rings (SSSR count). The van der Waals surface area contributed by atoms with Crippen molar-refractivity contribution in [2.45, 2.75) is 24.9 Å². The Morgan fingerprint density at radius 2 is 1.65 bits per heavy atom. The van der Waals surface area contributed by atoms with Crippen LogP contribution in [0.4, 0.5) is 0 Å². The third-order valence-electron chi connectivity index (χ3n) is 5.06. The van der Waals surface area contributed by atoms with Gasteiger partial charge < -0.3 is 10.1 Å². The third-order valence-corrected chi connectivity index (χ3v) is 5.06. The molecule has 122 valence electrons. The number of rotatable bonds is 5. The predicted octanol–water partition coefficient (Wildman–Crippen LogP) is 3.41. The summed E-state index contributed by atoms with van der Waals surface area (Å²) in [7, 11) is 3.83. The van der Waals surface area contributed by atoms with Gasteiger partial charge in [0, 0.05) is 30.7 Å². The highest BCUT2D eigenvalue weighted by Gasteiger charge is 2.36. The molecule has 2 aromatic carbocycles. The highest BCUT2D eigenvalue weighted by Crippen LogP contribution is 2.38. The highest BCUT2D eigenvalue weighted by molar-refractivity contribution is 5.39. The lowest BCUT2D eigenvalue weighted by atomic mass is 9.80. The fourth-order valence-electron chi connectivity index (χ4n) is 3.63. The summed E-state index contributed by atoms with van der Waals surface area (Å²) in [6.07, 6.45) is 2.19. The fraction of sp³-hybridized carbons (Fsp3) is 0.400. The van der Waals surface area contributed by atoms with Gasteiger partial charge in [0.25, 0.3) is 0 Å². The first-order valence-electron chi connectivity index (χ1n) is 8.36. The van der Waals surface area contributed by atoms with Crippen molar-refractivity contribution in [1.29, 1.82) is 0 Å². The number of hydrogen-bond acceptors (Lipinski definition) is 3. The third kappa shape index (κ3) is 3.41. The number of nitrogens with one attached hydrogen (secondary N) is 1. The number of para-hydroxylation sites is 1. The summed E-state index contributed by atoms with van der Waals surface area (Å²) in [5.74, 6) is 0.985. The first-order chi connectivity index (χ1) is 11.3. The monoisotopic (exact) mass is 310 g/mol. The standard InChI is InChI=1S/C20H26N2O/c1-21-20(18-10-6-7-11-19(18)23-2)12-14-22(15-13-20)16-17-8-4-3-5-9-17/h3-11,21H,12-16H2,1-2H3. The second-order valence-electron chi connectivity index (χ2n) is 6.29. The van der Waals surface area contributed by atoms with Gasteiger partial charge in [-0.25, -0.2) is 0 Å². The van der Waals surface area contributed by atoms with Crippen LogP contribution < -0.4 is 10.1 Å². The summed E-state index contributed by atoms with van der Waals surface area (Å²) in [6, 6.07) is 19.1. The van der Waals surface area contributed by atoms with Gasteiger partial charge in [0.1, 0.15) is 5.75 Å². The van der Waals surface area contributed by atoms with Gasteiger partial charge in [0.15, 0.2) is 0 Å². The zero-order chi connectivity index (χ0) is 16.1. The second kappa shape index (κ2) is 7.16. The number of likely N-dealkylation sites (tertiary alicyclic amines) is 1. The van der Waals surface area contributed by atoms with E-state index in [0.717, 1.165) is 38.2 Å². The van der Waals surface area contributed by atoms with Crippen LogP contribution in [0.3, 0.4) is 0 Å². The molecule has 3 heteroatoms. The van der Waals surface area contributed by atoms with Gasteiger partial charge in [-0.3, -0.25) is 4.90 Å². The van der Waals surface area contributed by atoms with Crippen molar-refractivity contribution in [2.24, 2.45) is 0 Å². The molecule has 0 amide bonds. The Morgan fingerprint density at radius 3 is 2.30 bits per heavy atom. The molecule has 0 radical (unpaired) electrons. The van der Waals surface area contributed by atoms with Crippen molar-refractivity contribution in [3.63, 3.8) is 0 Å². The van der Waals surface area contributed by atoms with Crippen molar-refractivity contribution in [1.82, 2.24) is 10.2 Å². The maximum absolute atomic E-state index is 5.59. The van der Waals surface area contributed by atoms with Gasteiger partial charge in [-0.05, 0) is 31.5 Å². The molecule has 23 heavy (non-hydrogen) atoms. The SMILES string of the molecule is CNC1(c2ccccc2OC)CCN(Cc2ccccc2)CC1. The van der Waals surface area contributed by atoms with Crippen molar-refractivity contribution < 1.29 is 4.74 Å². The summed E-state index contributed by atoms with van der Waals surface area (Å²) in [4.78, 5) is 2.54. The Morgan fingerprint density at radius 1 is 1.00 bits per heavy atom. The van der Waals surface area contributed by atoms with Crippen molar-refractivity contribution in [3.8, 4) is 5.75 Å². The zero-order valence-electron chi connectivity index (χ0n) is 14.1. The first kappa shape index (κ1) is 16.0. The Bertz CT molecular complexity index is 619. The molecular weight excluding hydrogens is 284 g/mol. The molecule has 1 fully saturated rings. The minimum absolute atomic E-state index is 0.0137. The van der Waals surface area contributed by atoms with E-state index in [4.69, 9.17) is 4.74 Å². The molecular formula is C20H26N2O. The lowest BCUT2D eigenvalue weighted by Crippen LogP contribution is -2.49. The van der Waals surface area contributed by atoms with E-state index in [1.54, 1.807) is 7.11 Å². The van der Waals surface area contributed by atoms with Crippen LogP contribution in [-0.4, -0.2) is 32.1 Å². The maximum Gasteiger partial charge on any atom is 0.123 e. The minimum atomic E-state index is 0.0137. The summed E-state index contributed by atoms with van der Waals surface area (Å²) < 4.78 is 5.59. The van der Waals surface area contributed by atoms with Gasteiger partial charge in [0.2, 0.25) is 0 Å². The van der Waals surface area contributed by atoms with Crippen LogP contribution in [-0.2, 0) is 12.1 Å². The average Bonchev–Trinajstić information content (AvgIpc) is 2.63. The number of hydrogen-bond donors (Lipinski definition) is 1. The lowest BCUT2D eigenvalue weighted by Gasteiger charge is -2.42. The molecule has 1 N–H and O–H groups in total. The molecule has 1 aliphatic heterocycles. The molecule has 0 unspecified atom stereocenters. The maximum atomic E-state index is 5.59. The van der Waals surface area contributed by atoms with E-state index in [0.29, 0.717) is 0 Å². The van der Waals surface area contributed by atoms with Crippen LogP contribution in [0.25, 0.3) is 0 Å². The van der Waals surface area contributed by atoms with Gasteiger partial charge in [-0.15, -0.1) is 0 Å². The van der Waals surface area contributed by atoms with Gasteiger partial charge in [-0.2, -0.15) is 0 Å². The molecule has 2 aromatic rings. The molecule has 0 atom stereocenters.